The molecule has 0 saturated heterocycles. The minimum Gasteiger partial charge on any atom is -0.508 e. The third-order valence-electron chi connectivity index (χ3n) is 2.44. The highest BCUT2D eigenvalue weighted by molar-refractivity contribution is 6.09. The largest absolute Gasteiger partial charge is 0.508 e. The van der Waals surface area contributed by atoms with Crippen molar-refractivity contribution in [2.45, 2.75) is 39.0 Å². The number of aromatic hydroxyl groups is 1. The first-order valence-electron chi connectivity index (χ1n) is 5.38. The van der Waals surface area contributed by atoms with Crippen LogP contribution in [0.1, 0.15) is 38.2 Å². The summed E-state index contributed by atoms with van der Waals surface area (Å²) in [5, 5.41) is 9.59. The summed E-state index contributed by atoms with van der Waals surface area (Å²) in [5.74, 6) is 0.906. The summed E-state index contributed by atoms with van der Waals surface area (Å²) < 4.78 is 4.60. The van der Waals surface area contributed by atoms with Crippen LogP contribution < -0.4 is 4.29 Å². The fraction of sp³-hybridized carbons (Fsp3) is 0.500. The molecule has 0 heterocycles. The van der Waals surface area contributed by atoms with E-state index in [0.29, 0.717) is 11.5 Å². The standard InChI is InChI=1S/C12H17ClO2/c1-2-3-4-5-6-10-9-11(15-13)7-8-12(10)14/h7-9,14H,2-6H2,1H3. The summed E-state index contributed by atoms with van der Waals surface area (Å²) in [7, 11) is 0. The number of hydrogen-bond donors (Lipinski definition) is 1. The van der Waals surface area contributed by atoms with Crippen LogP contribution in [-0.2, 0) is 6.42 Å². The Morgan fingerprint density at radius 1 is 1.27 bits per heavy atom. The first-order chi connectivity index (χ1) is 7.27. The number of hydrogen-bond acceptors (Lipinski definition) is 2. The molecule has 0 fully saturated rings. The van der Waals surface area contributed by atoms with Crippen molar-refractivity contribution in [3.05, 3.63) is 23.8 Å². The second-order valence-electron chi connectivity index (χ2n) is 3.68. The molecule has 2 nitrogen and oxygen atoms in total. The van der Waals surface area contributed by atoms with Gasteiger partial charge in [-0.15, -0.1) is 0 Å². The predicted molar refractivity (Wildman–Crippen MR) is 62.4 cm³/mol. The van der Waals surface area contributed by atoms with E-state index < -0.39 is 0 Å². The van der Waals surface area contributed by atoms with E-state index in [2.05, 4.69) is 11.2 Å². The van der Waals surface area contributed by atoms with Gasteiger partial charge in [-0.05, 0) is 36.6 Å². The SMILES string of the molecule is CCCCCCc1cc(OCl)ccc1O. The quantitative estimate of drug-likeness (QED) is 0.745. The van der Waals surface area contributed by atoms with Gasteiger partial charge in [-0.1, -0.05) is 26.2 Å². The molecule has 0 spiro atoms. The molecule has 0 aliphatic rings. The monoisotopic (exact) mass is 228 g/mol. The maximum atomic E-state index is 9.59. The number of unbranched alkanes of at least 4 members (excludes halogenated alkanes) is 3. The Morgan fingerprint density at radius 2 is 2.07 bits per heavy atom. The number of aryl methyl sites for hydroxylation is 1. The number of halogens is 1. The normalized spacial score (nSPS) is 10.3. The van der Waals surface area contributed by atoms with E-state index in [1.165, 1.54) is 19.3 Å². The molecule has 3 heteroatoms. The Balaban J connectivity index is 2.51. The van der Waals surface area contributed by atoms with E-state index in [9.17, 15) is 5.11 Å². The molecule has 0 amide bonds. The summed E-state index contributed by atoms with van der Waals surface area (Å²) in [5.41, 5.74) is 0.907. The van der Waals surface area contributed by atoms with Crippen molar-refractivity contribution >= 4 is 11.9 Å². The molecule has 0 aromatic heterocycles. The van der Waals surface area contributed by atoms with Crippen LogP contribution in [0.25, 0.3) is 0 Å². The van der Waals surface area contributed by atoms with Crippen molar-refractivity contribution < 1.29 is 9.40 Å². The van der Waals surface area contributed by atoms with Gasteiger partial charge in [0.05, 0.1) is 0 Å². The van der Waals surface area contributed by atoms with E-state index in [0.717, 1.165) is 18.4 Å². The average Bonchev–Trinajstić information content (AvgIpc) is 2.26. The summed E-state index contributed by atoms with van der Waals surface area (Å²) in [6, 6.07) is 5.05. The van der Waals surface area contributed by atoms with E-state index >= 15 is 0 Å². The maximum Gasteiger partial charge on any atom is 0.146 e. The number of phenols is 1. The summed E-state index contributed by atoms with van der Waals surface area (Å²) in [6.07, 6.45) is 5.62. The third-order valence-corrected chi connectivity index (χ3v) is 2.62. The van der Waals surface area contributed by atoms with Crippen molar-refractivity contribution in [1.29, 1.82) is 0 Å². The van der Waals surface area contributed by atoms with Crippen LogP contribution in [0.5, 0.6) is 11.5 Å². The van der Waals surface area contributed by atoms with Crippen molar-refractivity contribution in [2.24, 2.45) is 0 Å². The van der Waals surface area contributed by atoms with Crippen LogP contribution in [0.2, 0.25) is 0 Å². The van der Waals surface area contributed by atoms with Gasteiger partial charge in [0.25, 0.3) is 0 Å². The lowest BCUT2D eigenvalue weighted by Gasteiger charge is -2.05. The lowest BCUT2D eigenvalue weighted by molar-refractivity contribution is 0.464. The first kappa shape index (κ1) is 12.2. The van der Waals surface area contributed by atoms with Gasteiger partial charge in [0, 0.05) is 0 Å². The van der Waals surface area contributed by atoms with Crippen LogP contribution in [0.3, 0.4) is 0 Å². The molecule has 15 heavy (non-hydrogen) atoms. The molecule has 0 saturated carbocycles. The molecule has 1 N–H and O–H groups in total. The van der Waals surface area contributed by atoms with Gasteiger partial charge in [-0.3, -0.25) is 0 Å². The summed E-state index contributed by atoms with van der Waals surface area (Å²) in [4.78, 5) is 0. The van der Waals surface area contributed by atoms with E-state index in [-0.39, 0.29) is 0 Å². The Morgan fingerprint density at radius 3 is 2.73 bits per heavy atom. The molecule has 1 rings (SSSR count). The second-order valence-corrected chi connectivity index (χ2v) is 3.83. The Labute approximate surface area is 96.0 Å². The van der Waals surface area contributed by atoms with Gasteiger partial charge in [0.1, 0.15) is 23.4 Å². The Bertz CT molecular complexity index is 300. The van der Waals surface area contributed by atoms with Gasteiger partial charge >= 0.3 is 0 Å². The number of rotatable bonds is 6. The molecule has 1 aromatic carbocycles. The van der Waals surface area contributed by atoms with Gasteiger partial charge in [0.15, 0.2) is 0 Å². The minimum atomic E-state index is 0.323. The number of phenolic OH excluding ortho intramolecular Hbond substituents is 1. The second kappa shape index (κ2) is 6.57. The smallest absolute Gasteiger partial charge is 0.146 e. The minimum absolute atomic E-state index is 0.323. The summed E-state index contributed by atoms with van der Waals surface area (Å²) >= 11 is 5.25. The van der Waals surface area contributed by atoms with Crippen molar-refractivity contribution in [1.82, 2.24) is 0 Å². The Hall–Kier alpha value is -0.890. The molecule has 1 aromatic rings. The van der Waals surface area contributed by atoms with Crippen LogP contribution in [0, 0.1) is 0 Å². The predicted octanol–water partition coefficient (Wildman–Crippen LogP) is 4.05. The van der Waals surface area contributed by atoms with Gasteiger partial charge in [-0.2, -0.15) is 0 Å². The fourth-order valence-electron chi connectivity index (χ4n) is 1.55. The molecular formula is C12H17ClO2. The molecule has 0 aliphatic heterocycles. The van der Waals surface area contributed by atoms with Crippen LogP contribution >= 0.6 is 11.9 Å². The van der Waals surface area contributed by atoms with Crippen LogP contribution in [0.15, 0.2) is 18.2 Å². The molecule has 0 unspecified atom stereocenters. The Kier molecular flexibility index (Phi) is 5.33. The van der Waals surface area contributed by atoms with E-state index in [4.69, 9.17) is 11.9 Å². The zero-order chi connectivity index (χ0) is 11.1. The van der Waals surface area contributed by atoms with Gasteiger partial charge in [-0.25, -0.2) is 0 Å². The molecule has 0 bridgehead atoms. The van der Waals surface area contributed by atoms with Crippen molar-refractivity contribution in [2.75, 3.05) is 0 Å². The van der Waals surface area contributed by atoms with E-state index in [1.807, 2.05) is 0 Å². The zero-order valence-electron chi connectivity index (χ0n) is 9.00. The van der Waals surface area contributed by atoms with Gasteiger partial charge in [0.2, 0.25) is 0 Å². The molecular weight excluding hydrogens is 212 g/mol. The zero-order valence-corrected chi connectivity index (χ0v) is 9.76. The highest BCUT2D eigenvalue weighted by atomic mass is 35.5. The molecule has 0 radical (unpaired) electrons. The maximum absolute atomic E-state index is 9.59. The lowest BCUT2D eigenvalue weighted by Crippen LogP contribution is -1.88. The van der Waals surface area contributed by atoms with Crippen molar-refractivity contribution in [3.8, 4) is 11.5 Å². The van der Waals surface area contributed by atoms with E-state index in [1.54, 1.807) is 18.2 Å². The third kappa shape index (κ3) is 4.00. The summed E-state index contributed by atoms with van der Waals surface area (Å²) in [6.45, 7) is 2.18. The fourth-order valence-corrected chi connectivity index (χ4v) is 1.65. The first-order valence-corrected chi connectivity index (χ1v) is 5.69. The average molecular weight is 229 g/mol. The lowest BCUT2D eigenvalue weighted by atomic mass is 10.1. The topological polar surface area (TPSA) is 29.5 Å². The van der Waals surface area contributed by atoms with Crippen LogP contribution in [0.4, 0.5) is 0 Å². The highest BCUT2D eigenvalue weighted by Crippen LogP contribution is 2.25. The van der Waals surface area contributed by atoms with Gasteiger partial charge < -0.3 is 9.40 Å². The molecule has 84 valence electrons. The van der Waals surface area contributed by atoms with Crippen molar-refractivity contribution in [3.63, 3.8) is 0 Å². The highest BCUT2D eigenvalue weighted by Gasteiger charge is 2.03. The number of benzene rings is 1. The molecule has 0 atom stereocenters. The molecule has 0 aliphatic carbocycles. The van der Waals surface area contributed by atoms with Crippen LogP contribution in [-0.4, -0.2) is 5.11 Å².